The predicted octanol–water partition coefficient (Wildman–Crippen LogP) is 14.2. The molecular weight excluding hydrogens is 814 g/mol. The zero-order valence-electron chi connectivity index (χ0n) is 41.3. The Morgan fingerprint density at radius 2 is 1.06 bits per heavy atom. The van der Waals surface area contributed by atoms with Crippen molar-refractivity contribution in [1.29, 1.82) is 0 Å². The Balaban J connectivity index is 2.24. The Bertz CT molecular complexity index is 1230. The fourth-order valence-corrected chi connectivity index (χ4v) is 8.20. The van der Waals surface area contributed by atoms with Gasteiger partial charge in [-0.05, 0) is 51.4 Å². The highest BCUT2D eigenvalue weighted by atomic mass is 31.2. The van der Waals surface area contributed by atoms with Gasteiger partial charge in [-0.15, -0.1) is 0 Å². The average Bonchev–Trinajstić information content (AvgIpc) is 3.99. The molecule has 1 aliphatic heterocycles. The molecule has 1 rings (SSSR count). The first-order valence-corrected chi connectivity index (χ1v) is 27.3. The number of esters is 2. The van der Waals surface area contributed by atoms with Gasteiger partial charge in [-0.25, -0.2) is 4.57 Å². The van der Waals surface area contributed by atoms with E-state index in [0.29, 0.717) is 17.4 Å². The number of unbranched alkanes of at least 4 members (excludes halogenated alkanes) is 23. The second kappa shape index (κ2) is 40.5. The van der Waals surface area contributed by atoms with Crippen LogP contribution in [0.2, 0.25) is 0 Å². The van der Waals surface area contributed by atoms with Crippen molar-refractivity contribution in [3.8, 4) is 0 Å². The molecule has 1 fully saturated rings. The molecule has 1 N–H and O–H groups in total. The Morgan fingerprint density at radius 3 is 1.60 bits per heavy atom. The van der Waals surface area contributed by atoms with Gasteiger partial charge in [0, 0.05) is 12.8 Å². The van der Waals surface area contributed by atoms with E-state index in [4.69, 9.17) is 23.3 Å². The van der Waals surface area contributed by atoms with Crippen molar-refractivity contribution in [3.05, 3.63) is 36.5 Å². The van der Waals surface area contributed by atoms with Crippen molar-refractivity contribution < 1.29 is 46.8 Å². The van der Waals surface area contributed by atoms with E-state index < -0.39 is 26.5 Å². The van der Waals surface area contributed by atoms with Gasteiger partial charge >= 0.3 is 19.8 Å². The number of carbonyl (C=O) groups is 2. The van der Waals surface area contributed by atoms with Crippen molar-refractivity contribution in [3.63, 3.8) is 0 Å². The van der Waals surface area contributed by atoms with Crippen LogP contribution in [-0.4, -0.2) is 87.1 Å². The molecule has 0 aromatic heterocycles. The van der Waals surface area contributed by atoms with Crippen LogP contribution in [-0.2, 0) is 37.4 Å². The maximum absolute atomic E-state index is 12.8. The average molecular weight is 911 g/mol. The first-order chi connectivity index (χ1) is 30.5. The van der Waals surface area contributed by atoms with Gasteiger partial charge in [0.2, 0.25) is 0 Å². The number of hydrogen-bond donors (Lipinski definition) is 1. The number of nitrogens with zero attached hydrogens (tertiary/aromatic N) is 1. The highest BCUT2D eigenvalue weighted by molar-refractivity contribution is 7.47. The molecule has 0 saturated carbocycles. The highest BCUT2D eigenvalue weighted by Gasteiger charge is 2.37. The topological polar surface area (TPSA) is 121 Å². The van der Waals surface area contributed by atoms with Crippen LogP contribution in [0.5, 0.6) is 0 Å². The first kappa shape index (κ1) is 59.2. The second-order valence-electron chi connectivity index (χ2n) is 18.9. The summed E-state index contributed by atoms with van der Waals surface area (Å²) in [6, 6.07) is 0. The molecule has 0 radical (unpaired) electrons. The third kappa shape index (κ3) is 41.4. The van der Waals surface area contributed by atoms with Crippen LogP contribution in [0.4, 0.5) is 0 Å². The molecule has 1 heterocycles. The standard InChI is InChI=1S/C52H96NO9P/c1-6-8-10-12-14-16-18-20-21-22-23-24-25-26-27-28-30-32-34-36-38-42-51(54)58-46-48(47-60-63(56,57)59-45-44-53(3,4)5)61-52(55)43-39-41-50-49(62-50)40-37-35-33-31-29-19-17-15-13-11-9-7-2/h15,17,29,31,35,37,48-50H,6-14,16,18-28,30,32-34,36,38-47H2,1-5H3/p+1/b17-15-,31-29-,37-35-/t48-,49?,50?/m1/s1. The summed E-state index contributed by atoms with van der Waals surface area (Å²) in [5, 5.41) is 0. The Hall–Kier alpha value is -1.81. The molecule has 368 valence electrons. The molecule has 3 unspecified atom stereocenters. The van der Waals surface area contributed by atoms with Crippen molar-refractivity contribution >= 4 is 19.8 Å². The number of epoxide rings is 1. The molecule has 1 aliphatic rings. The summed E-state index contributed by atoms with van der Waals surface area (Å²) in [4.78, 5) is 35.7. The maximum Gasteiger partial charge on any atom is 0.472 e. The number of rotatable bonds is 46. The molecule has 1 saturated heterocycles. The summed E-state index contributed by atoms with van der Waals surface area (Å²) < 4.78 is 40.3. The van der Waals surface area contributed by atoms with E-state index >= 15 is 0 Å². The monoisotopic (exact) mass is 911 g/mol. The summed E-state index contributed by atoms with van der Waals surface area (Å²) in [5.41, 5.74) is 0. The summed E-state index contributed by atoms with van der Waals surface area (Å²) in [5.74, 6) is -0.866. The molecule has 0 aromatic carbocycles. The number of ether oxygens (including phenoxy) is 3. The van der Waals surface area contributed by atoms with Crippen LogP contribution >= 0.6 is 7.82 Å². The van der Waals surface area contributed by atoms with E-state index in [0.717, 1.165) is 44.9 Å². The lowest BCUT2D eigenvalue weighted by molar-refractivity contribution is -0.870. The number of phosphoric acid groups is 1. The molecule has 11 heteroatoms. The zero-order valence-corrected chi connectivity index (χ0v) is 42.2. The molecule has 4 atom stereocenters. The lowest BCUT2D eigenvalue weighted by Crippen LogP contribution is -2.37. The minimum atomic E-state index is -4.40. The van der Waals surface area contributed by atoms with E-state index in [1.54, 1.807) is 0 Å². The normalized spacial score (nSPS) is 16.9. The number of likely N-dealkylation sites (N-methyl/N-ethyl adjacent to an activating group) is 1. The number of phosphoric ester groups is 1. The first-order valence-electron chi connectivity index (χ1n) is 25.8. The fraction of sp³-hybridized carbons (Fsp3) is 0.846. The van der Waals surface area contributed by atoms with Crippen LogP contribution in [0.15, 0.2) is 36.5 Å². The lowest BCUT2D eigenvalue weighted by atomic mass is 10.0. The quantitative estimate of drug-likeness (QED) is 0.0159. The van der Waals surface area contributed by atoms with E-state index in [1.165, 1.54) is 141 Å². The van der Waals surface area contributed by atoms with E-state index in [1.807, 2.05) is 21.1 Å². The smallest absolute Gasteiger partial charge is 0.462 e. The van der Waals surface area contributed by atoms with E-state index in [-0.39, 0.29) is 44.2 Å². The minimum absolute atomic E-state index is 0.0183. The summed E-state index contributed by atoms with van der Waals surface area (Å²) in [6.45, 7) is 4.34. The summed E-state index contributed by atoms with van der Waals surface area (Å²) >= 11 is 0. The molecule has 10 nitrogen and oxygen atoms in total. The molecule has 63 heavy (non-hydrogen) atoms. The number of quaternary nitrogens is 1. The second-order valence-corrected chi connectivity index (χ2v) is 20.4. The Morgan fingerprint density at radius 1 is 0.587 bits per heavy atom. The fourth-order valence-electron chi connectivity index (χ4n) is 7.46. The van der Waals surface area contributed by atoms with Crippen molar-refractivity contribution in [2.75, 3.05) is 47.5 Å². The zero-order chi connectivity index (χ0) is 46.1. The van der Waals surface area contributed by atoms with Crippen molar-refractivity contribution in [2.45, 2.75) is 238 Å². The third-order valence-electron chi connectivity index (χ3n) is 11.6. The van der Waals surface area contributed by atoms with Crippen LogP contribution in [0.25, 0.3) is 0 Å². The van der Waals surface area contributed by atoms with Gasteiger partial charge in [-0.2, -0.15) is 0 Å². The van der Waals surface area contributed by atoms with Gasteiger partial charge < -0.3 is 23.6 Å². The molecule has 0 bridgehead atoms. The van der Waals surface area contributed by atoms with Gasteiger partial charge in [0.1, 0.15) is 19.8 Å². The highest BCUT2D eigenvalue weighted by Crippen LogP contribution is 2.43. The van der Waals surface area contributed by atoms with Crippen LogP contribution in [0, 0.1) is 0 Å². The number of carbonyl (C=O) groups excluding carboxylic acids is 2. The van der Waals surface area contributed by atoms with Crippen LogP contribution in [0.1, 0.15) is 219 Å². The Labute approximate surface area is 386 Å². The molecule has 0 aromatic rings. The number of allylic oxidation sites excluding steroid dienone is 5. The van der Waals surface area contributed by atoms with Gasteiger partial charge in [0.05, 0.1) is 40.0 Å². The number of hydrogen-bond acceptors (Lipinski definition) is 8. The van der Waals surface area contributed by atoms with Crippen LogP contribution in [0.3, 0.4) is 0 Å². The van der Waals surface area contributed by atoms with E-state index in [9.17, 15) is 19.0 Å². The minimum Gasteiger partial charge on any atom is -0.462 e. The predicted molar refractivity (Wildman–Crippen MR) is 261 cm³/mol. The maximum atomic E-state index is 12.8. The van der Waals surface area contributed by atoms with Crippen molar-refractivity contribution in [2.24, 2.45) is 0 Å². The summed E-state index contributed by atoms with van der Waals surface area (Å²) in [6.07, 6.45) is 49.3. The lowest BCUT2D eigenvalue weighted by Gasteiger charge is -2.24. The van der Waals surface area contributed by atoms with Crippen LogP contribution < -0.4 is 0 Å². The van der Waals surface area contributed by atoms with E-state index in [2.05, 4.69) is 50.3 Å². The Kier molecular flexibility index (Phi) is 38.0. The molecular formula is C52H97NO9P+. The SMILES string of the molecule is CCCCC/C=C\C/C=C\C/C=C\CC1OC1CCCC(=O)O[C@H](COC(=O)CCCCCCCCCCCCCCCCCCCCCCC)COP(=O)(O)OCC[N+](C)(C)C. The molecule has 0 amide bonds. The van der Waals surface area contributed by atoms with Gasteiger partial charge in [-0.1, -0.05) is 192 Å². The molecule has 0 aliphatic carbocycles. The van der Waals surface area contributed by atoms with Gasteiger partial charge in [0.25, 0.3) is 0 Å². The molecule has 0 spiro atoms. The summed E-state index contributed by atoms with van der Waals surface area (Å²) in [7, 11) is 1.43. The van der Waals surface area contributed by atoms with Crippen molar-refractivity contribution in [1.82, 2.24) is 0 Å². The van der Waals surface area contributed by atoms with Gasteiger partial charge in [-0.3, -0.25) is 18.6 Å². The van der Waals surface area contributed by atoms with Gasteiger partial charge in [0.15, 0.2) is 6.10 Å². The third-order valence-corrected chi connectivity index (χ3v) is 12.6. The largest absolute Gasteiger partial charge is 0.472 e.